The second-order valence-corrected chi connectivity index (χ2v) is 34.5. The number of amides is 14. The number of hydrogen-bond donors (Lipinski definition) is 22. The predicted octanol–water partition coefficient (Wildman–Crippen LogP) is -0.706. The minimum atomic E-state index is -1.81. The predicted molar refractivity (Wildman–Crippen MR) is 469 cm³/mol. The summed E-state index contributed by atoms with van der Waals surface area (Å²) in [4.78, 5) is 224. The van der Waals surface area contributed by atoms with E-state index in [2.05, 4.69) is 79.8 Å². The zero-order valence-corrected chi connectivity index (χ0v) is 75.0. The van der Waals surface area contributed by atoms with Gasteiger partial charge in [0.05, 0.1) is 12.2 Å². The zero-order chi connectivity index (χ0) is 94.1. The lowest BCUT2D eigenvalue weighted by Gasteiger charge is -2.30. The van der Waals surface area contributed by atoms with Gasteiger partial charge in [0.15, 0.2) is 5.96 Å². The average Bonchev–Trinajstić information content (AvgIpc) is 0.841. The summed E-state index contributed by atoms with van der Waals surface area (Å²) in [7, 11) is 0. The second-order valence-electron chi connectivity index (χ2n) is 33.5. The molecule has 3 rings (SSSR count). The molecule has 0 spiro atoms. The number of aliphatic hydroxyl groups excluding tert-OH is 2. The Morgan fingerprint density at radius 1 is 0.344 bits per heavy atom. The molecule has 16 atom stereocenters. The molecule has 0 bridgehead atoms. The van der Waals surface area contributed by atoms with E-state index in [4.69, 9.17) is 22.0 Å². The van der Waals surface area contributed by atoms with Crippen molar-refractivity contribution in [2.75, 3.05) is 25.1 Å². The van der Waals surface area contributed by atoms with E-state index in [1.54, 1.807) is 180 Å². The van der Waals surface area contributed by atoms with E-state index in [9.17, 15) is 77.6 Å². The van der Waals surface area contributed by atoms with E-state index in [1.807, 2.05) is 0 Å². The highest BCUT2D eigenvalue weighted by Gasteiger charge is 2.41. The Labute approximate surface area is 735 Å². The molecule has 14 amide bonds. The van der Waals surface area contributed by atoms with Gasteiger partial charge in [-0.05, 0) is 123 Å². The average molecular weight is 1770 g/mol. The Morgan fingerprint density at radius 2 is 0.632 bits per heavy atom. The van der Waals surface area contributed by atoms with Gasteiger partial charge in [-0.3, -0.25) is 82.1 Å². The highest BCUT2D eigenvalue weighted by Crippen LogP contribution is 2.18. The summed E-state index contributed by atoms with van der Waals surface area (Å²) in [6.07, 6.45) is -2.64. The summed E-state index contributed by atoms with van der Waals surface area (Å²) in [6.45, 7) is 22.1. The van der Waals surface area contributed by atoms with Crippen molar-refractivity contribution in [2.45, 2.75) is 264 Å². The van der Waals surface area contributed by atoms with E-state index >= 15 is 14.4 Å². The van der Waals surface area contributed by atoms with Crippen LogP contribution in [-0.2, 0) is 96.0 Å². The van der Waals surface area contributed by atoms with Gasteiger partial charge in [0.25, 0.3) is 0 Å². The lowest BCUT2D eigenvalue weighted by molar-refractivity contribution is -0.140. The second kappa shape index (κ2) is 55.1. The van der Waals surface area contributed by atoms with Gasteiger partial charge in [0.2, 0.25) is 82.7 Å². The first kappa shape index (κ1) is 108. The van der Waals surface area contributed by atoms with Crippen LogP contribution in [0.1, 0.15) is 165 Å². The van der Waals surface area contributed by atoms with Crippen LogP contribution in [0.4, 0.5) is 0 Å². The van der Waals surface area contributed by atoms with Crippen LogP contribution in [-0.4, -0.2) is 243 Å². The number of carboxylic acids is 2. The monoisotopic (exact) mass is 1770 g/mol. The largest absolute Gasteiger partial charge is 0.481 e. The fourth-order valence-electron chi connectivity index (χ4n) is 13.1. The molecule has 0 radical (unpaired) electrons. The number of thioether (sulfide) groups is 1. The van der Waals surface area contributed by atoms with Gasteiger partial charge in [-0.2, -0.15) is 11.8 Å². The van der Waals surface area contributed by atoms with Crippen molar-refractivity contribution >= 4 is 112 Å². The maximum Gasteiger partial charge on any atom is 0.322 e. The van der Waals surface area contributed by atoms with Gasteiger partial charge in [-0.25, -0.2) is 0 Å². The molecule has 0 saturated carbocycles. The van der Waals surface area contributed by atoms with Crippen LogP contribution in [0, 0.1) is 40.9 Å². The number of rotatable bonds is 56. The van der Waals surface area contributed by atoms with Crippen molar-refractivity contribution in [3.05, 3.63) is 108 Å². The van der Waals surface area contributed by atoms with Crippen LogP contribution in [0.25, 0.3) is 0 Å². The van der Waals surface area contributed by atoms with E-state index in [1.165, 1.54) is 18.7 Å². The third kappa shape index (κ3) is 40.0. The standard InChI is InChI=1S/C86H134N18O20S/c1-45(2)38-59(75(114)96-60(39-46(3)4)78(117)102-70(50(11)12)83(122)99-61(40-47(5)6)79(118)104-71(52(14)106)85(124)93-57(33-34-65(107)108)72(111)91-44-66(109)110)95-76(115)63(42-54-28-21-17-22-29-54)98-77(116)62(41-53-26-19-16-20-27-53)97-73(112)58(35-37-125-15)94-82(121)68(48(7)8)103-80(119)64(43-55-30-23-18-24-31-55)100-84(123)69(49(9)10)101-74(113)56(32-25-36-90-86(88)89)92-81(120)67(87)51(13)105/h16-24,26-31,45-52,56-64,67-71,105-106H,25,32-44,87H2,1-15H3,(H,91,111)(H,92,120)(H,93,124)(H,94,121)(H,95,115)(H,96,114)(H,97,112)(H,98,116)(H,99,122)(H,100,123)(H,101,113)(H,102,117)(H,103,119)(H,104,118)(H,107,108)(H,109,110)(H4,88,89,90)/t51-,52-,56+,57+,58+,59+,60+,61+,62+,63+,64+,67+,68+,69+,70+,71+/m1/s1. The Bertz CT molecular complexity index is 4050. The lowest BCUT2D eigenvalue weighted by Crippen LogP contribution is -2.62. The maximum absolute atomic E-state index is 15.2. The minimum absolute atomic E-state index is 0.00263. The van der Waals surface area contributed by atoms with Gasteiger partial charge >= 0.3 is 11.9 Å². The molecule has 3 aromatic carbocycles. The molecule has 0 heterocycles. The number of carboxylic acid groups (broad SMARTS) is 2. The summed E-state index contributed by atoms with van der Waals surface area (Å²) in [5.41, 5.74) is 13.1. The van der Waals surface area contributed by atoms with Crippen molar-refractivity contribution < 1.29 is 97.1 Å². The van der Waals surface area contributed by atoms with E-state index in [0.29, 0.717) is 22.4 Å². The first-order valence-corrected chi connectivity index (χ1v) is 43.6. The van der Waals surface area contributed by atoms with Crippen LogP contribution >= 0.6 is 11.8 Å². The Hall–Kier alpha value is -11.3. The van der Waals surface area contributed by atoms with Gasteiger partial charge in [0, 0.05) is 32.2 Å². The molecule has 3 aromatic rings. The molecule has 125 heavy (non-hydrogen) atoms. The summed E-state index contributed by atoms with van der Waals surface area (Å²) >= 11 is 1.35. The number of nitrogens with two attached hydrogens (primary N) is 2. The van der Waals surface area contributed by atoms with Gasteiger partial charge in [0.1, 0.15) is 91.1 Å². The fourth-order valence-corrected chi connectivity index (χ4v) is 13.5. The molecule has 0 unspecified atom stereocenters. The van der Waals surface area contributed by atoms with E-state index in [-0.39, 0.29) is 88.0 Å². The quantitative estimate of drug-likeness (QED) is 0.0189. The smallest absolute Gasteiger partial charge is 0.322 e. The molecule has 38 nitrogen and oxygen atoms in total. The van der Waals surface area contributed by atoms with E-state index < -0.39 is 229 Å². The number of carbonyl (C=O) groups is 16. The lowest BCUT2D eigenvalue weighted by atomic mass is 9.97. The molecule has 694 valence electrons. The third-order valence-corrected chi connectivity index (χ3v) is 20.6. The van der Waals surface area contributed by atoms with Crippen molar-refractivity contribution in [3.63, 3.8) is 0 Å². The Kier molecular flexibility index (Phi) is 47.6. The van der Waals surface area contributed by atoms with Crippen molar-refractivity contribution in [1.29, 1.82) is 5.41 Å². The number of aliphatic carboxylic acids is 2. The molecule has 0 aliphatic rings. The number of benzene rings is 3. The molecule has 0 aromatic heterocycles. The highest BCUT2D eigenvalue weighted by molar-refractivity contribution is 7.98. The molecule has 39 heteroatoms. The van der Waals surface area contributed by atoms with Crippen LogP contribution in [0.5, 0.6) is 0 Å². The number of hydrogen-bond acceptors (Lipinski definition) is 21. The molecule has 0 aliphatic heterocycles. The summed E-state index contributed by atoms with van der Waals surface area (Å²) < 4.78 is 0. The van der Waals surface area contributed by atoms with Crippen LogP contribution in [0.15, 0.2) is 91.0 Å². The molecular weight excluding hydrogens is 1640 g/mol. The normalized spacial score (nSPS) is 15.2. The van der Waals surface area contributed by atoms with E-state index in [0.717, 1.165) is 6.92 Å². The number of aliphatic hydroxyl groups is 2. The fraction of sp³-hybridized carbons (Fsp3) is 0.593. The highest BCUT2D eigenvalue weighted by atomic mass is 32.2. The summed E-state index contributed by atoms with van der Waals surface area (Å²) in [6, 6.07) is 5.71. The van der Waals surface area contributed by atoms with Crippen LogP contribution in [0.3, 0.4) is 0 Å². The van der Waals surface area contributed by atoms with Gasteiger partial charge < -0.3 is 112 Å². The maximum atomic E-state index is 15.2. The molecule has 0 fully saturated rings. The Morgan fingerprint density at radius 3 is 0.968 bits per heavy atom. The Balaban J connectivity index is 2.01. The molecule has 0 aliphatic carbocycles. The molecule has 24 N–H and O–H groups in total. The van der Waals surface area contributed by atoms with Crippen LogP contribution in [0.2, 0.25) is 0 Å². The zero-order valence-electron chi connectivity index (χ0n) is 74.1. The van der Waals surface area contributed by atoms with Gasteiger partial charge in [-0.15, -0.1) is 0 Å². The topological polar surface area (TPSA) is 610 Å². The first-order valence-electron chi connectivity index (χ1n) is 42.2. The number of nitrogens with one attached hydrogen (secondary N) is 16. The third-order valence-electron chi connectivity index (χ3n) is 19.9. The van der Waals surface area contributed by atoms with Crippen molar-refractivity contribution in [2.24, 2.45) is 47.0 Å². The SMILES string of the molecule is CSCC[C@H](NC(=O)[C@@H](NC(=O)[C@H](Cc1ccccc1)NC(=O)[C@@H](NC(=O)[C@H](CCCNC(=N)N)NC(=O)[C@@H](N)[C@@H](C)O)C(C)C)C(C)C)C(=O)N[C@@H](Cc1ccccc1)C(=O)N[C@@H](Cc1ccccc1)C(=O)N[C@@H](CC(C)C)C(=O)N[C@@H](CC(C)C)C(=O)N[C@H](C(=O)N[C@@H](CC(C)C)C(=O)N[C@H](C(=O)N[C@@H](CCC(=O)O)C(=O)NCC(=O)O)[C@@H](C)O)C(C)C. The van der Waals surface area contributed by atoms with Gasteiger partial charge in [-0.1, -0.05) is 174 Å². The van der Waals surface area contributed by atoms with Crippen molar-refractivity contribution in [1.82, 2.24) is 79.8 Å². The number of carbonyl (C=O) groups excluding carboxylic acids is 14. The molecular formula is C86H134N18O20S. The summed E-state index contributed by atoms with van der Waals surface area (Å²) in [5.74, 6) is -18.1. The molecule has 0 saturated heterocycles. The summed E-state index contributed by atoms with van der Waals surface area (Å²) in [5, 5.41) is 86.3. The first-order chi connectivity index (χ1) is 58.7. The minimum Gasteiger partial charge on any atom is -0.481 e. The van der Waals surface area contributed by atoms with Crippen LogP contribution < -0.4 is 91.2 Å². The number of guanidine groups is 1. The van der Waals surface area contributed by atoms with Crippen molar-refractivity contribution in [3.8, 4) is 0 Å².